The van der Waals surface area contributed by atoms with E-state index in [2.05, 4.69) is 25.7 Å². The summed E-state index contributed by atoms with van der Waals surface area (Å²) in [5.41, 5.74) is 0.715. The highest BCUT2D eigenvalue weighted by Crippen LogP contribution is 2.31. The van der Waals surface area contributed by atoms with Gasteiger partial charge in [-0.3, -0.25) is 14.6 Å². The monoisotopic (exact) mass is 509 g/mol. The Morgan fingerprint density at radius 3 is 2.73 bits per heavy atom. The summed E-state index contributed by atoms with van der Waals surface area (Å²) in [4.78, 5) is 33.0. The van der Waals surface area contributed by atoms with Gasteiger partial charge in [0.05, 0.1) is 23.2 Å². The number of nitrogens with one attached hydrogen (secondary N) is 2. The molecule has 0 bridgehead atoms. The van der Waals surface area contributed by atoms with E-state index in [4.69, 9.17) is 4.52 Å². The minimum Gasteiger partial charge on any atom is -0.355 e. The topological polar surface area (TPSA) is 100 Å². The molecule has 2 amide bonds. The van der Waals surface area contributed by atoms with Crippen LogP contribution in [0.2, 0.25) is 0 Å². The van der Waals surface area contributed by atoms with Gasteiger partial charge in [0.2, 0.25) is 5.91 Å². The first kappa shape index (κ1) is 25.0. The number of carbonyl (C=O) groups is 2. The minimum absolute atomic E-state index is 0.00194. The second-order valence-electron chi connectivity index (χ2n) is 9.86. The Morgan fingerprint density at radius 2 is 2.00 bits per heavy atom. The van der Waals surface area contributed by atoms with Crippen LogP contribution in [0.25, 0.3) is 11.3 Å². The Kier molecular flexibility index (Phi) is 7.27. The van der Waals surface area contributed by atoms with E-state index in [1.165, 1.54) is 25.0 Å². The van der Waals surface area contributed by atoms with Crippen LogP contribution in [0.4, 0.5) is 8.78 Å². The fraction of sp³-hybridized carbons (Fsp3) is 0.407. The second-order valence-corrected chi connectivity index (χ2v) is 9.86. The van der Waals surface area contributed by atoms with Gasteiger partial charge in [-0.2, -0.15) is 0 Å². The minimum atomic E-state index is -0.815. The summed E-state index contributed by atoms with van der Waals surface area (Å²) < 4.78 is 32.5. The molecule has 1 aliphatic carbocycles. The molecule has 194 valence electrons. The van der Waals surface area contributed by atoms with Crippen LogP contribution in [-0.4, -0.2) is 52.5 Å². The molecule has 3 atom stereocenters. The van der Waals surface area contributed by atoms with Crippen molar-refractivity contribution in [3.63, 3.8) is 0 Å². The molecule has 0 radical (unpaired) electrons. The first-order chi connectivity index (χ1) is 17.9. The summed E-state index contributed by atoms with van der Waals surface area (Å²) in [6, 6.07) is 9.23. The van der Waals surface area contributed by atoms with E-state index in [1.54, 1.807) is 6.20 Å². The van der Waals surface area contributed by atoms with Gasteiger partial charge >= 0.3 is 0 Å². The third-order valence-corrected chi connectivity index (χ3v) is 6.99. The molecular formula is C27H29F2N5O3. The molecule has 5 rings (SSSR count). The van der Waals surface area contributed by atoms with E-state index < -0.39 is 29.5 Å². The van der Waals surface area contributed by atoms with Gasteiger partial charge < -0.3 is 20.1 Å². The molecule has 2 aromatic heterocycles. The second kappa shape index (κ2) is 10.8. The zero-order valence-corrected chi connectivity index (χ0v) is 20.5. The van der Waals surface area contributed by atoms with Gasteiger partial charge in [0.25, 0.3) is 5.91 Å². The Morgan fingerprint density at radius 1 is 1.16 bits per heavy atom. The summed E-state index contributed by atoms with van der Waals surface area (Å²) in [6.45, 7) is 4.14. The van der Waals surface area contributed by atoms with E-state index in [0.717, 1.165) is 30.9 Å². The lowest BCUT2D eigenvalue weighted by atomic mass is 9.90. The lowest BCUT2D eigenvalue weighted by Gasteiger charge is -2.38. The van der Waals surface area contributed by atoms with Crippen molar-refractivity contribution in [2.75, 3.05) is 19.6 Å². The molecule has 37 heavy (non-hydrogen) atoms. The third-order valence-electron chi connectivity index (χ3n) is 6.99. The predicted octanol–water partition coefficient (Wildman–Crippen LogP) is 3.72. The third kappa shape index (κ3) is 6.02. The molecule has 1 aliphatic heterocycles. The number of likely N-dealkylation sites (tertiary alicyclic amines) is 1. The summed E-state index contributed by atoms with van der Waals surface area (Å²) in [5, 5.41) is 9.76. The quantitative estimate of drug-likeness (QED) is 0.480. The van der Waals surface area contributed by atoms with Crippen LogP contribution >= 0.6 is 0 Å². The Labute approximate surface area is 213 Å². The number of hydrogen-bond acceptors (Lipinski definition) is 6. The van der Waals surface area contributed by atoms with Crippen LogP contribution in [-0.2, 0) is 4.79 Å². The van der Waals surface area contributed by atoms with Gasteiger partial charge in [-0.05, 0) is 56.4 Å². The molecule has 3 heterocycles. The first-order valence-corrected chi connectivity index (χ1v) is 12.5. The van der Waals surface area contributed by atoms with Crippen LogP contribution in [0.15, 0.2) is 53.2 Å². The summed E-state index contributed by atoms with van der Waals surface area (Å²) in [5.74, 6) is -1.98. The number of benzene rings is 1. The molecule has 0 unspecified atom stereocenters. The highest BCUT2D eigenvalue weighted by Gasteiger charge is 2.38. The Hall–Kier alpha value is -3.66. The summed E-state index contributed by atoms with van der Waals surface area (Å²) in [6.07, 6.45) is 4.72. The van der Waals surface area contributed by atoms with Gasteiger partial charge in [0.15, 0.2) is 11.5 Å². The van der Waals surface area contributed by atoms with Crippen LogP contribution in [0.1, 0.15) is 48.4 Å². The standard InChI is InChI=1S/C27H29F2N5O3/c1-16(22-4-2-3-10-30-22)31-26(35)20-15-34(14-17-5-6-17)11-9-23(20)32-27(36)24-13-25(37-33-24)19-8-7-18(28)12-21(19)29/h2-4,7-8,10,12-13,16-17,20,23H,5-6,9,11,14-15H2,1H3,(H,31,35)(H,32,36)/t16-,20+,23+/m0/s1. The Balaban J connectivity index is 1.29. The van der Waals surface area contributed by atoms with Gasteiger partial charge in [-0.15, -0.1) is 0 Å². The molecule has 0 spiro atoms. The van der Waals surface area contributed by atoms with Crippen molar-refractivity contribution >= 4 is 11.8 Å². The molecule has 2 fully saturated rings. The zero-order chi connectivity index (χ0) is 25.9. The molecule has 3 aromatic rings. The average molecular weight is 510 g/mol. The first-order valence-electron chi connectivity index (χ1n) is 12.5. The summed E-state index contributed by atoms with van der Waals surface area (Å²) in [7, 11) is 0. The molecule has 10 heteroatoms. The largest absolute Gasteiger partial charge is 0.355 e. The predicted molar refractivity (Wildman–Crippen MR) is 131 cm³/mol. The highest BCUT2D eigenvalue weighted by molar-refractivity contribution is 5.94. The van der Waals surface area contributed by atoms with Crippen molar-refractivity contribution in [2.24, 2.45) is 11.8 Å². The van der Waals surface area contributed by atoms with Crippen molar-refractivity contribution < 1.29 is 22.9 Å². The average Bonchev–Trinajstić information content (AvgIpc) is 3.57. The molecular weight excluding hydrogens is 480 g/mol. The fourth-order valence-electron chi connectivity index (χ4n) is 4.76. The van der Waals surface area contributed by atoms with Crippen LogP contribution in [0.5, 0.6) is 0 Å². The SMILES string of the molecule is C[C@H](NC(=O)[C@@H]1CN(CC2CC2)CC[C@H]1NC(=O)c1cc(-c2ccc(F)cc2F)on1)c1ccccn1. The maximum Gasteiger partial charge on any atom is 0.273 e. The van der Waals surface area contributed by atoms with Gasteiger partial charge in [-0.1, -0.05) is 11.2 Å². The van der Waals surface area contributed by atoms with E-state index in [-0.39, 0.29) is 29.0 Å². The van der Waals surface area contributed by atoms with E-state index in [9.17, 15) is 18.4 Å². The smallest absolute Gasteiger partial charge is 0.273 e. The number of aromatic nitrogens is 2. The molecule has 1 aromatic carbocycles. The normalized spacial score (nSPS) is 20.8. The van der Waals surface area contributed by atoms with Crippen LogP contribution < -0.4 is 10.6 Å². The number of nitrogens with zero attached hydrogens (tertiary/aromatic N) is 3. The van der Waals surface area contributed by atoms with Crippen molar-refractivity contribution in [3.8, 4) is 11.3 Å². The van der Waals surface area contributed by atoms with Gasteiger partial charge in [0.1, 0.15) is 11.6 Å². The maximum absolute atomic E-state index is 14.1. The molecule has 8 nitrogen and oxygen atoms in total. The molecule has 1 saturated carbocycles. The lowest BCUT2D eigenvalue weighted by molar-refractivity contribution is -0.128. The number of carbonyl (C=O) groups excluding carboxylic acids is 2. The zero-order valence-electron chi connectivity index (χ0n) is 20.5. The van der Waals surface area contributed by atoms with E-state index in [1.807, 2.05) is 25.1 Å². The Bertz CT molecular complexity index is 1260. The van der Waals surface area contributed by atoms with Crippen molar-refractivity contribution in [3.05, 3.63) is 71.7 Å². The number of pyridine rings is 1. The number of hydrogen-bond donors (Lipinski definition) is 2. The molecule has 2 N–H and O–H groups in total. The number of rotatable bonds is 8. The van der Waals surface area contributed by atoms with Crippen molar-refractivity contribution in [1.82, 2.24) is 25.7 Å². The van der Waals surface area contributed by atoms with E-state index >= 15 is 0 Å². The van der Waals surface area contributed by atoms with E-state index in [0.29, 0.717) is 18.9 Å². The molecule has 1 saturated heterocycles. The fourth-order valence-corrected chi connectivity index (χ4v) is 4.76. The highest BCUT2D eigenvalue weighted by atomic mass is 19.1. The summed E-state index contributed by atoms with van der Waals surface area (Å²) >= 11 is 0. The van der Waals surface area contributed by atoms with Crippen molar-refractivity contribution in [2.45, 2.75) is 38.3 Å². The lowest BCUT2D eigenvalue weighted by Crippen LogP contribution is -2.56. The maximum atomic E-state index is 14.1. The van der Waals surface area contributed by atoms with Gasteiger partial charge in [-0.25, -0.2) is 8.78 Å². The van der Waals surface area contributed by atoms with Crippen LogP contribution in [0.3, 0.4) is 0 Å². The number of halogens is 2. The number of amides is 2. The molecule has 2 aliphatic rings. The number of piperidine rings is 1. The van der Waals surface area contributed by atoms with Crippen molar-refractivity contribution in [1.29, 1.82) is 0 Å². The van der Waals surface area contributed by atoms with Gasteiger partial charge in [0, 0.05) is 44.0 Å². The van der Waals surface area contributed by atoms with Crippen LogP contribution in [0, 0.1) is 23.5 Å².